The molecule has 10 heteroatoms. The molecule has 10 nitrogen and oxygen atoms in total. The molecular formula is C21H22N4O6. The molecule has 0 saturated carbocycles. The third-order valence-electron chi connectivity index (χ3n) is 5.00. The van der Waals surface area contributed by atoms with Crippen LogP contribution in [0.1, 0.15) is 25.3 Å². The van der Waals surface area contributed by atoms with Crippen molar-refractivity contribution in [1.29, 1.82) is 0 Å². The van der Waals surface area contributed by atoms with Gasteiger partial charge in [-0.15, -0.1) is 0 Å². The number of carbonyl (C=O) groups excluding carboxylic acids is 2. The van der Waals surface area contributed by atoms with Gasteiger partial charge in [-0.2, -0.15) is 0 Å². The van der Waals surface area contributed by atoms with Gasteiger partial charge in [0.25, 0.3) is 5.69 Å². The van der Waals surface area contributed by atoms with Crippen molar-refractivity contribution >= 4 is 23.3 Å². The molecule has 1 aliphatic heterocycles. The molecule has 0 saturated heterocycles. The van der Waals surface area contributed by atoms with E-state index in [1.165, 1.54) is 25.3 Å². The Morgan fingerprint density at radius 1 is 1.32 bits per heavy atom. The lowest BCUT2D eigenvalue weighted by Gasteiger charge is -2.32. The zero-order valence-electron chi connectivity index (χ0n) is 17.3. The molecule has 2 unspecified atom stereocenters. The maximum atomic E-state index is 13.0. The largest absolute Gasteiger partial charge is 0.468 e. The number of esters is 2. The maximum absolute atomic E-state index is 13.0. The van der Waals surface area contributed by atoms with E-state index in [1.807, 2.05) is 0 Å². The van der Waals surface area contributed by atoms with Crippen molar-refractivity contribution in [2.45, 2.75) is 26.3 Å². The lowest BCUT2D eigenvalue weighted by atomic mass is 9.75. The first-order valence-corrected chi connectivity index (χ1v) is 9.60. The van der Waals surface area contributed by atoms with Crippen molar-refractivity contribution in [3.63, 3.8) is 0 Å². The van der Waals surface area contributed by atoms with E-state index in [4.69, 9.17) is 9.47 Å². The van der Waals surface area contributed by atoms with Crippen LogP contribution in [0.2, 0.25) is 0 Å². The number of rotatable bonds is 7. The number of aliphatic imine (C=N–C) groups is 1. The second-order valence-corrected chi connectivity index (χ2v) is 6.90. The van der Waals surface area contributed by atoms with Gasteiger partial charge in [0.1, 0.15) is 5.92 Å². The molecule has 0 amide bonds. The number of hydrogen-bond acceptors (Lipinski definition) is 8. The fourth-order valence-electron chi connectivity index (χ4n) is 3.68. The summed E-state index contributed by atoms with van der Waals surface area (Å²) in [4.78, 5) is 45.1. The third kappa shape index (κ3) is 4.52. The molecule has 1 aromatic heterocycles. The molecule has 1 aromatic carbocycles. The van der Waals surface area contributed by atoms with E-state index < -0.39 is 28.7 Å². The molecule has 31 heavy (non-hydrogen) atoms. The summed E-state index contributed by atoms with van der Waals surface area (Å²) in [6, 6.07) is 5.86. The molecule has 0 bridgehead atoms. The van der Waals surface area contributed by atoms with E-state index in [-0.39, 0.29) is 24.4 Å². The number of carbonyl (C=O) groups is 2. The average Bonchev–Trinajstić information content (AvgIpc) is 3.26. The van der Waals surface area contributed by atoms with Crippen LogP contribution < -0.4 is 0 Å². The van der Waals surface area contributed by atoms with Gasteiger partial charge in [0.05, 0.1) is 42.8 Å². The second-order valence-electron chi connectivity index (χ2n) is 6.90. The molecule has 0 radical (unpaired) electrons. The first-order valence-electron chi connectivity index (χ1n) is 9.60. The fraction of sp³-hybridized carbons (Fsp3) is 0.333. The fourth-order valence-corrected chi connectivity index (χ4v) is 3.68. The van der Waals surface area contributed by atoms with Crippen LogP contribution >= 0.6 is 0 Å². The number of nitro benzene ring substituents is 1. The van der Waals surface area contributed by atoms with E-state index in [0.717, 1.165) is 0 Å². The number of benzene rings is 1. The van der Waals surface area contributed by atoms with E-state index >= 15 is 0 Å². The van der Waals surface area contributed by atoms with Crippen molar-refractivity contribution in [2.24, 2.45) is 10.9 Å². The number of non-ortho nitro benzene ring substituents is 1. The number of hydrogen-bond donors (Lipinski definition) is 0. The van der Waals surface area contributed by atoms with Gasteiger partial charge in [-0.05, 0) is 19.4 Å². The van der Waals surface area contributed by atoms with Gasteiger partial charge in [-0.3, -0.25) is 19.9 Å². The lowest BCUT2D eigenvalue weighted by Crippen LogP contribution is -2.37. The zero-order valence-corrected chi connectivity index (χ0v) is 17.3. The van der Waals surface area contributed by atoms with Crippen molar-refractivity contribution in [1.82, 2.24) is 9.55 Å². The summed E-state index contributed by atoms with van der Waals surface area (Å²) in [6.07, 6.45) is 4.89. The maximum Gasteiger partial charge on any atom is 0.336 e. The second kappa shape index (κ2) is 9.33. The Hall–Kier alpha value is -3.82. The van der Waals surface area contributed by atoms with Gasteiger partial charge < -0.3 is 14.0 Å². The number of imidazole rings is 1. The van der Waals surface area contributed by atoms with Crippen LogP contribution in [0, 0.1) is 16.0 Å². The van der Waals surface area contributed by atoms with Gasteiger partial charge in [-0.1, -0.05) is 12.1 Å². The number of nitro groups is 1. The number of methoxy groups -OCH3 is 1. The predicted octanol–water partition coefficient (Wildman–Crippen LogP) is 2.66. The normalized spacial score (nSPS) is 18.4. The molecule has 0 N–H and O–H groups in total. The molecule has 0 spiro atoms. The van der Waals surface area contributed by atoms with Crippen LogP contribution in [0.25, 0.3) is 0 Å². The summed E-state index contributed by atoms with van der Waals surface area (Å²) in [6.45, 7) is 3.67. The van der Waals surface area contributed by atoms with Crippen LogP contribution in [0.3, 0.4) is 0 Å². The number of nitrogens with zero attached hydrogens (tertiary/aromatic N) is 4. The van der Waals surface area contributed by atoms with Crippen molar-refractivity contribution in [2.75, 3.05) is 13.7 Å². The van der Waals surface area contributed by atoms with E-state index in [2.05, 4.69) is 9.98 Å². The van der Waals surface area contributed by atoms with E-state index in [1.54, 1.807) is 43.2 Å². The van der Waals surface area contributed by atoms with Crippen molar-refractivity contribution in [3.05, 3.63) is 69.9 Å². The molecule has 162 valence electrons. The van der Waals surface area contributed by atoms with Crippen molar-refractivity contribution < 1.29 is 24.0 Å². The Bertz CT molecular complexity index is 1060. The van der Waals surface area contributed by atoms with Gasteiger partial charge in [0.15, 0.2) is 0 Å². The van der Waals surface area contributed by atoms with Crippen LogP contribution in [-0.4, -0.2) is 45.8 Å². The summed E-state index contributed by atoms with van der Waals surface area (Å²) in [7, 11) is 1.24. The minimum Gasteiger partial charge on any atom is -0.468 e. The SMILES string of the molecule is CCOC(=O)C1=C(Cn2ccnc2)N=C(C)C(C(=O)OC)C1c1cccc([N+](=O)[O-])c1. The topological polar surface area (TPSA) is 126 Å². The highest BCUT2D eigenvalue weighted by atomic mass is 16.6. The van der Waals surface area contributed by atoms with Crippen LogP contribution in [0.4, 0.5) is 5.69 Å². The Morgan fingerprint density at radius 3 is 2.71 bits per heavy atom. The zero-order chi connectivity index (χ0) is 22.5. The first-order chi connectivity index (χ1) is 14.9. The summed E-state index contributed by atoms with van der Waals surface area (Å²) >= 11 is 0. The van der Waals surface area contributed by atoms with Crippen LogP contribution in [-0.2, 0) is 25.6 Å². The Labute approximate surface area is 178 Å². The van der Waals surface area contributed by atoms with Gasteiger partial charge in [-0.25, -0.2) is 9.78 Å². The van der Waals surface area contributed by atoms with Gasteiger partial charge >= 0.3 is 11.9 Å². The molecular weight excluding hydrogens is 404 g/mol. The van der Waals surface area contributed by atoms with Gasteiger partial charge in [0.2, 0.25) is 0 Å². The van der Waals surface area contributed by atoms with Crippen molar-refractivity contribution in [3.8, 4) is 0 Å². The highest BCUT2D eigenvalue weighted by Crippen LogP contribution is 2.41. The smallest absolute Gasteiger partial charge is 0.336 e. The molecule has 0 aliphatic carbocycles. The Morgan fingerprint density at radius 2 is 2.10 bits per heavy atom. The van der Waals surface area contributed by atoms with Crippen LogP contribution in [0.5, 0.6) is 0 Å². The Kier molecular flexibility index (Phi) is 6.58. The molecule has 3 rings (SSSR count). The average molecular weight is 426 g/mol. The standard InChI is InChI=1S/C21H22N4O6/c1-4-31-21(27)19-16(11-24-9-8-22-12-24)23-13(2)17(20(26)30-3)18(19)14-6-5-7-15(10-14)25(28)29/h5-10,12,17-18H,4,11H2,1-3H3. The predicted molar refractivity (Wildman–Crippen MR) is 110 cm³/mol. The minimum absolute atomic E-state index is 0.119. The molecule has 2 atom stereocenters. The number of ether oxygens (including phenoxy) is 2. The summed E-state index contributed by atoms with van der Waals surface area (Å²) in [5.41, 5.74) is 1.26. The third-order valence-corrected chi connectivity index (χ3v) is 5.00. The highest BCUT2D eigenvalue weighted by Gasteiger charge is 2.43. The minimum atomic E-state index is -0.932. The Balaban J connectivity index is 2.24. The molecule has 1 aliphatic rings. The highest BCUT2D eigenvalue weighted by molar-refractivity contribution is 6.07. The summed E-state index contributed by atoms with van der Waals surface area (Å²) in [5, 5.41) is 11.3. The number of allylic oxidation sites excluding steroid dienone is 1. The monoisotopic (exact) mass is 426 g/mol. The molecule has 2 heterocycles. The number of aromatic nitrogens is 2. The molecule has 2 aromatic rings. The van der Waals surface area contributed by atoms with Crippen LogP contribution in [0.15, 0.2) is 59.2 Å². The molecule has 0 fully saturated rings. The quantitative estimate of drug-likeness (QED) is 0.378. The van der Waals surface area contributed by atoms with Gasteiger partial charge in [0, 0.05) is 36.2 Å². The van der Waals surface area contributed by atoms with E-state index in [0.29, 0.717) is 17.0 Å². The summed E-state index contributed by atoms with van der Waals surface area (Å²) in [5.74, 6) is -3.03. The lowest BCUT2D eigenvalue weighted by molar-refractivity contribution is -0.384. The first kappa shape index (κ1) is 21.9. The van der Waals surface area contributed by atoms with E-state index in [9.17, 15) is 19.7 Å². The summed E-state index contributed by atoms with van der Waals surface area (Å²) < 4.78 is 12.0.